The molecule has 0 saturated carbocycles. The quantitative estimate of drug-likeness (QED) is 0.754. The van der Waals surface area contributed by atoms with Gasteiger partial charge < -0.3 is 9.84 Å². The fourth-order valence-corrected chi connectivity index (χ4v) is 3.47. The van der Waals surface area contributed by atoms with Crippen molar-refractivity contribution in [3.63, 3.8) is 0 Å². The highest BCUT2D eigenvalue weighted by atomic mass is 16.5. The van der Waals surface area contributed by atoms with Crippen LogP contribution in [0.2, 0.25) is 0 Å². The molecule has 0 amide bonds. The molecule has 142 valence electrons. The van der Waals surface area contributed by atoms with E-state index in [1.165, 1.54) is 25.3 Å². The first-order chi connectivity index (χ1) is 13.1. The second-order valence-electron chi connectivity index (χ2n) is 6.91. The van der Waals surface area contributed by atoms with E-state index in [2.05, 4.69) is 4.90 Å². The van der Waals surface area contributed by atoms with Gasteiger partial charge in [-0.1, -0.05) is 18.6 Å². The fourth-order valence-electron chi connectivity index (χ4n) is 3.47. The molecule has 0 aromatic heterocycles. The lowest BCUT2D eigenvalue weighted by Crippen LogP contribution is -2.33. The number of carbonyl (C=O) groups excluding carboxylic acids is 1. The van der Waals surface area contributed by atoms with Crippen molar-refractivity contribution >= 4 is 11.8 Å². The van der Waals surface area contributed by atoms with Crippen molar-refractivity contribution in [3.05, 3.63) is 64.7 Å². The second-order valence-corrected chi connectivity index (χ2v) is 6.91. The van der Waals surface area contributed by atoms with Crippen molar-refractivity contribution in [2.45, 2.75) is 26.2 Å². The van der Waals surface area contributed by atoms with Crippen LogP contribution < -0.4 is 4.74 Å². The molecule has 0 bridgehead atoms. The van der Waals surface area contributed by atoms with Crippen LogP contribution in [-0.4, -0.2) is 48.0 Å². The van der Waals surface area contributed by atoms with Crippen molar-refractivity contribution in [3.8, 4) is 5.75 Å². The summed E-state index contributed by atoms with van der Waals surface area (Å²) in [6, 6.07) is 11.8. The van der Waals surface area contributed by atoms with Gasteiger partial charge in [0.25, 0.3) is 0 Å². The number of likely N-dealkylation sites (tertiary alicyclic amines) is 1. The third-order valence-corrected chi connectivity index (χ3v) is 4.97. The predicted molar refractivity (Wildman–Crippen MR) is 104 cm³/mol. The van der Waals surface area contributed by atoms with Gasteiger partial charge in [-0.3, -0.25) is 9.69 Å². The standard InChI is InChI=1S/C22H25NO4/c1-16-6-5-7-19(22(25)26)20(16)21(24)17-8-10-18(11-9-17)27-15-14-23-12-3-2-4-13-23/h5-11H,2-4,12-15H2,1H3,(H,25,26). The van der Waals surface area contributed by atoms with Crippen LogP contribution in [0.25, 0.3) is 0 Å². The Balaban J connectivity index is 1.65. The normalized spacial score (nSPS) is 14.7. The Hall–Kier alpha value is -2.66. The Morgan fingerprint density at radius 1 is 1.04 bits per heavy atom. The second kappa shape index (κ2) is 8.82. The molecule has 27 heavy (non-hydrogen) atoms. The zero-order chi connectivity index (χ0) is 19.2. The van der Waals surface area contributed by atoms with Gasteiger partial charge in [-0.15, -0.1) is 0 Å². The minimum atomic E-state index is -1.10. The fraction of sp³-hybridized carbons (Fsp3) is 0.364. The summed E-state index contributed by atoms with van der Waals surface area (Å²) in [5.41, 5.74) is 1.38. The lowest BCUT2D eigenvalue weighted by atomic mass is 9.94. The summed E-state index contributed by atoms with van der Waals surface area (Å²) in [6.07, 6.45) is 3.83. The smallest absolute Gasteiger partial charge is 0.336 e. The number of benzene rings is 2. The molecule has 1 heterocycles. The topological polar surface area (TPSA) is 66.8 Å². The monoisotopic (exact) mass is 367 g/mol. The number of aromatic carboxylic acids is 1. The lowest BCUT2D eigenvalue weighted by Gasteiger charge is -2.26. The van der Waals surface area contributed by atoms with Crippen LogP contribution >= 0.6 is 0 Å². The number of carbonyl (C=O) groups is 2. The molecule has 1 aliphatic heterocycles. The summed E-state index contributed by atoms with van der Waals surface area (Å²) in [4.78, 5) is 26.7. The Bertz CT molecular complexity index is 808. The SMILES string of the molecule is Cc1cccc(C(=O)O)c1C(=O)c1ccc(OCCN2CCCCC2)cc1. The molecular formula is C22H25NO4. The average molecular weight is 367 g/mol. The first-order valence-electron chi connectivity index (χ1n) is 9.39. The van der Waals surface area contributed by atoms with Crippen LogP contribution in [0.15, 0.2) is 42.5 Å². The summed E-state index contributed by atoms with van der Waals surface area (Å²) < 4.78 is 5.79. The van der Waals surface area contributed by atoms with Gasteiger partial charge in [0.2, 0.25) is 0 Å². The van der Waals surface area contributed by atoms with Gasteiger partial charge in [0.05, 0.1) is 5.56 Å². The Morgan fingerprint density at radius 2 is 1.74 bits per heavy atom. The Kier molecular flexibility index (Phi) is 6.24. The minimum Gasteiger partial charge on any atom is -0.492 e. The molecule has 0 aliphatic carbocycles. The van der Waals surface area contributed by atoms with E-state index in [4.69, 9.17) is 4.74 Å². The number of piperidine rings is 1. The Morgan fingerprint density at radius 3 is 2.41 bits per heavy atom. The van der Waals surface area contributed by atoms with Crippen molar-refractivity contribution < 1.29 is 19.4 Å². The van der Waals surface area contributed by atoms with Gasteiger partial charge in [-0.2, -0.15) is 0 Å². The first kappa shape index (κ1) is 19.1. The van der Waals surface area contributed by atoms with Crippen LogP contribution in [0.5, 0.6) is 5.75 Å². The zero-order valence-corrected chi connectivity index (χ0v) is 15.6. The summed E-state index contributed by atoms with van der Waals surface area (Å²) in [7, 11) is 0. The largest absolute Gasteiger partial charge is 0.492 e. The minimum absolute atomic E-state index is 0.0295. The van der Waals surface area contributed by atoms with Crippen molar-refractivity contribution in [2.75, 3.05) is 26.2 Å². The maximum Gasteiger partial charge on any atom is 0.336 e. The number of hydrogen-bond acceptors (Lipinski definition) is 4. The van der Waals surface area contributed by atoms with Crippen LogP contribution in [0.1, 0.15) is 51.1 Å². The van der Waals surface area contributed by atoms with E-state index < -0.39 is 5.97 Å². The van der Waals surface area contributed by atoms with E-state index in [0.717, 1.165) is 19.6 Å². The highest BCUT2D eigenvalue weighted by Crippen LogP contribution is 2.21. The maximum atomic E-state index is 12.8. The molecule has 1 fully saturated rings. The Labute approximate surface area is 159 Å². The number of ketones is 1. The van der Waals surface area contributed by atoms with E-state index in [1.54, 1.807) is 43.3 Å². The number of nitrogens with zero attached hydrogens (tertiary/aromatic N) is 1. The summed E-state index contributed by atoms with van der Waals surface area (Å²) >= 11 is 0. The van der Waals surface area contributed by atoms with Gasteiger partial charge in [0.1, 0.15) is 12.4 Å². The number of carboxylic acids is 1. The van der Waals surface area contributed by atoms with E-state index in [9.17, 15) is 14.7 Å². The third kappa shape index (κ3) is 4.74. The lowest BCUT2D eigenvalue weighted by molar-refractivity contribution is 0.0692. The highest BCUT2D eigenvalue weighted by molar-refractivity contribution is 6.15. The van der Waals surface area contributed by atoms with Gasteiger partial charge in [-0.05, 0) is 68.8 Å². The molecule has 0 radical (unpaired) electrons. The van der Waals surface area contributed by atoms with Crippen LogP contribution in [0, 0.1) is 6.92 Å². The molecule has 3 rings (SSSR count). The molecule has 1 N–H and O–H groups in total. The number of carboxylic acid groups (broad SMARTS) is 1. The molecule has 1 saturated heterocycles. The van der Waals surface area contributed by atoms with Crippen LogP contribution in [0.3, 0.4) is 0 Å². The van der Waals surface area contributed by atoms with Crippen LogP contribution in [-0.2, 0) is 0 Å². The maximum absolute atomic E-state index is 12.8. The van der Waals surface area contributed by atoms with E-state index in [0.29, 0.717) is 23.5 Å². The molecule has 5 nitrogen and oxygen atoms in total. The van der Waals surface area contributed by atoms with Gasteiger partial charge in [-0.25, -0.2) is 4.79 Å². The van der Waals surface area contributed by atoms with Gasteiger partial charge in [0, 0.05) is 17.7 Å². The first-order valence-corrected chi connectivity index (χ1v) is 9.39. The summed E-state index contributed by atoms with van der Waals surface area (Å²) in [5.74, 6) is -0.670. The number of hydrogen-bond donors (Lipinski definition) is 1. The van der Waals surface area contributed by atoms with Crippen molar-refractivity contribution in [1.82, 2.24) is 4.90 Å². The summed E-state index contributed by atoms with van der Waals surface area (Å²) in [6.45, 7) is 5.55. The van der Waals surface area contributed by atoms with E-state index in [-0.39, 0.29) is 16.9 Å². The molecule has 2 aromatic rings. The molecule has 0 atom stereocenters. The molecule has 0 spiro atoms. The van der Waals surface area contributed by atoms with Gasteiger partial charge >= 0.3 is 5.97 Å². The molecule has 0 unspecified atom stereocenters. The van der Waals surface area contributed by atoms with Crippen LogP contribution in [0.4, 0.5) is 0 Å². The van der Waals surface area contributed by atoms with Gasteiger partial charge in [0.15, 0.2) is 5.78 Å². The van der Waals surface area contributed by atoms with Crippen molar-refractivity contribution in [2.24, 2.45) is 0 Å². The number of aryl methyl sites for hydroxylation is 1. The zero-order valence-electron chi connectivity index (χ0n) is 15.6. The molecule has 2 aromatic carbocycles. The van der Waals surface area contributed by atoms with E-state index in [1.807, 2.05) is 0 Å². The molecular weight excluding hydrogens is 342 g/mol. The number of ether oxygens (including phenoxy) is 1. The average Bonchev–Trinajstić information content (AvgIpc) is 2.68. The van der Waals surface area contributed by atoms with Crippen molar-refractivity contribution in [1.29, 1.82) is 0 Å². The predicted octanol–water partition coefficient (Wildman–Crippen LogP) is 3.79. The summed E-state index contributed by atoms with van der Waals surface area (Å²) in [5, 5.41) is 9.36. The number of rotatable bonds is 7. The highest BCUT2D eigenvalue weighted by Gasteiger charge is 2.20. The van der Waals surface area contributed by atoms with E-state index >= 15 is 0 Å². The molecule has 1 aliphatic rings. The third-order valence-electron chi connectivity index (χ3n) is 4.97. The molecule has 5 heteroatoms.